The van der Waals surface area contributed by atoms with E-state index in [0.717, 1.165) is 34.8 Å². The first-order chi connectivity index (χ1) is 9.52. The summed E-state index contributed by atoms with van der Waals surface area (Å²) in [6, 6.07) is 5.48. The van der Waals surface area contributed by atoms with E-state index >= 15 is 0 Å². The standard InChI is InChI=1S/C15H17Cl2N3/c1-9-11(6-7-18)10(2)20-15(19-9)8-12-13(16)4-3-5-14(12)17/h3-5H,6-8,18H2,1-2H3. The van der Waals surface area contributed by atoms with Crippen LogP contribution in [0.2, 0.25) is 10.0 Å². The molecular weight excluding hydrogens is 293 g/mol. The summed E-state index contributed by atoms with van der Waals surface area (Å²) in [5.74, 6) is 0.732. The maximum atomic E-state index is 6.18. The van der Waals surface area contributed by atoms with Gasteiger partial charge in [0.15, 0.2) is 0 Å². The van der Waals surface area contributed by atoms with Gasteiger partial charge in [-0.1, -0.05) is 29.3 Å². The molecule has 0 radical (unpaired) electrons. The number of halogens is 2. The van der Waals surface area contributed by atoms with Crippen LogP contribution >= 0.6 is 23.2 Å². The van der Waals surface area contributed by atoms with Gasteiger partial charge >= 0.3 is 0 Å². The maximum Gasteiger partial charge on any atom is 0.133 e. The Morgan fingerprint density at radius 1 is 1.00 bits per heavy atom. The molecule has 0 unspecified atom stereocenters. The Morgan fingerprint density at radius 2 is 1.55 bits per heavy atom. The second-order valence-corrected chi connectivity index (χ2v) is 5.52. The average Bonchev–Trinajstić information content (AvgIpc) is 2.38. The molecule has 0 amide bonds. The lowest BCUT2D eigenvalue weighted by atomic mass is 10.1. The van der Waals surface area contributed by atoms with Crippen LogP contribution in [-0.4, -0.2) is 16.5 Å². The van der Waals surface area contributed by atoms with Gasteiger partial charge in [0, 0.05) is 27.9 Å². The lowest BCUT2D eigenvalue weighted by molar-refractivity contribution is 0.851. The molecule has 2 N–H and O–H groups in total. The summed E-state index contributed by atoms with van der Waals surface area (Å²) < 4.78 is 0. The molecule has 5 heteroatoms. The molecule has 0 fully saturated rings. The molecule has 1 heterocycles. The fourth-order valence-corrected chi connectivity index (χ4v) is 2.78. The number of hydrogen-bond donors (Lipinski definition) is 1. The van der Waals surface area contributed by atoms with Crippen LogP contribution in [0.4, 0.5) is 0 Å². The second kappa shape index (κ2) is 6.53. The molecule has 1 aromatic carbocycles. The quantitative estimate of drug-likeness (QED) is 0.940. The normalized spacial score (nSPS) is 10.8. The largest absolute Gasteiger partial charge is 0.330 e. The molecule has 3 nitrogen and oxygen atoms in total. The Bertz CT molecular complexity index is 583. The van der Waals surface area contributed by atoms with E-state index in [-0.39, 0.29) is 0 Å². The smallest absolute Gasteiger partial charge is 0.133 e. The zero-order valence-electron chi connectivity index (χ0n) is 11.6. The topological polar surface area (TPSA) is 51.8 Å². The molecule has 0 aliphatic rings. The van der Waals surface area contributed by atoms with Crippen molar-refractivity contribution in [3.8, 4) is 0 Å². The highest BCUT2D eigenvalue weighted by atomic mass is 35.5. The van der Waals surface area contributed by atoms with E-state index in [1.165, 1.54) is 0 Å². The van der Waals surface area contributed by atoms with Crippen LogP contribution in [0, 0.1) is 13.8 Å². The fourth-order valence-electron chi connectivity index (χ4n) is 2.25. The van der Waals surface area contributed by atoms with Gasteiger partial charge in [0.1, 0.15) is 5.82 Å². The number of aromatic nitrogens is 2. The van der Waals surface area contributed by atoms with Gasteiger partial charge in [0.25, 0.3) is 0 Å². The van der Waals surface area contributed by atoms with E-state index in [4.69, 9.17) is 28.9 Å². The SMILES string of the molecule is Cc1nc(Cc2c(Cl)cccc2Cl)nc(C)c1CCN. The molecule has 1 aromatic heterocycles. The Balaban J connectivity index is 2.35. The van der Waals surface area contributed by atoms with Crippen molar-refractivity contribution >= 4 is 23.2 Å². The molecule has 0 aliphatic carbocycles. The van der Waals surface area contributed by atoms with Crippen LogP contribution in [0.3, 0.4) is 0 Å². The van der Waals surface area contributed by atoms with Crippen molar-refractivity contribution in [2.75, 3.05) is 6.54 Å². The van der Waals surface area contributed by atoms with Crippen molar-refractivity contribution in [3.63, 3.8) is 0 Å². The number of aryl methyl sites for hydroxylation is 2. The summed E-state index contributed by atoms with van der Waals surface area (Å²) in [5, 5.41) is 1.28. The number of nitrogens with two attached hydrogens (primary N) is 1. The average molecular weight is 310 g/mol. The van der Waals surface area contributed by atoms with Crippen molar-refractivity contribution in [3.05, 3.63) is 56.6 Å². The van der Waals surface area contributed by atoms with Crippen LogP contribution in [0.15, 0.2) is 18.2 Å². The summed E-state index contributed by atoms with van der Waals surface area (Å²) in [4.78, 5) is 9.09. The van der Waals surface area contributed by atoms with E-state index in [9.17, 15) is 0 Å². The summed E-state index contributed by atoms with van der Waals surface area (Å²) in [6.45, 7) is 4.56. The minimum Gasteiger partial charge on any atom is -0.330 e. The Labute approximate surface area is 129 Å². The number of benzene rings is 1. The highest BCUT2D eigenvalue weighted by molar-refractivity contribution is 6.36. The highest BCUT2D eigenvalue weighted by Gasteiger charge is 2.12. The van der Waals surface area contributed by atoms with Crippen molar-refractivity contribution in [1.29, 1.82) is 0 Å². The fraction of sp³-hybridized carbons (Fsp3) is 0.333. The minimum absolute atomic E-state index is 0.531. The van der Waals surface area contributed by atoms with E-state index < -0.39 is 0 Å². The van der Waals surface area contributed by atoms with Gasteiger partial charge in [-0.25, -0.2) is 9.97 Å². The monoisotopic (exact) mass is 309 g/mol. The molecule has 0 spiro atoms. The Morgan fingerprint density at radius 3 is 2.05 bits per heavy atom. The van der Waals surface area contributed by atoms with Gasteiger partial charge in [-0.3, -0.25) is 0 Å². The molecule has 106 valence electrons. The number of nitrogens with zero attached hydrogens (tertiary/aromatic N) is 2. The van der Waals surface area contributed by atoms with Gasteiger partial charge in [-0.05, 0) is 50.1 Å². The van der Waals surface area contributed by atoms with E-state index in [2.05, 4.69) is 9.97 Å². The lowest BCUT2D eigenvalue weighted by Gasteiger charge is -2.11. The second-order valence-electron chi connectivity index (χ2n) is 4.70. The third-order valence-corrected chi connectivity index (χ3v) is 3.97. The van der Waals surface area contributed by atoms with Crippen LogP contribution in [0.5, 0.6) is 0 Å². The summed E-state index contributed by atoms with van der Waals surface area (Å²) in [5.41, 5.74) is 9.54. The zero-order valence-corrected chi connectivity index (χ0v) is 13.1. The van der Waals surface area contributed by atoms with E-state index in [0.29, 0.717) is 23.0 Å². The van der Waals surface area contributed by atoms with Crippen LogP contribution in [0.25, 0.3) is 0 Å². The van der Waals surface area contributed by atoms with Gasteiger partial charge in [-0.2, -0.15) is 0 Å². The molecule has 2 aromatic rings. The molecule has 0 saturated carbocycles. The van der Waals surface area contributed by atoms with Crippen LogP contribution in [-0.2, 0) is 12.8 Å². The predicted molar refractivity (Wildman–Crippen MR) is 83.5 cm³/mol. The zero-order chi connectivity index (χ0) is 14.7. The van der Waals surface area contributed by atoms with Crippen molar-refractivity contribution in [2.45, 2.75) is 26.7 Å². The molecular formula is C15H17Cl2N3. The summed E-state index contributed by atoms with van der Waals surface area (Å²) >= 11 is 12.4. The summed E-state index contributed by atoms with van der Waals surface area (Å²) in [7, 11) is 0. The van der Waals surface area contributed by atoms with Crippen LogP contribution in [0.1, 0.15) is 28.3 Å². The van der Waals surface area contributed by atoms with Gasteiger partial charge < -0.3 is 5.73 Å². The van der Waals surface area contributed by atoms with Gasteiger partial charge in [-0.15, -0.1) is 0 Å². The molecule has 0 saturated heterocycles. The first-order valence-electron chi connectivity index (χ1n) is 6.49. The first-order valence-corrected chi connectivity index (χ1v) is 7.24. The number of hydrogen-bond acceptors (Lipinski definition) is 3. The van der Waals surface area contributed by atoms with E-state index in [1.807, 2.05) is 32.0 Å². The minimum atomic E-state index is 0.531. The van der Waals surface area contributed by atoms with Crippen molar-refractivity contribution in [1.82, 2.24) is 9.97 Å². The van der Waals surface area contributed by atoms with Crippen molar-refractivity contribution in [2.24, 2.45) is 5.73 Å². The molecule has 2 rings (SSSR count). The van der Waals surface area contributed by atoms with Gasteiger partial charge in [0.2, 0.25) is 0 Å². The third kappa shape index (κ3) is 3.29. The lowest BCUT2D eigenvalue weighted by Crippen LogP contribution is -2.11. The summed E-state index contributed by atoms with van der Waals surface area (Å²) in [6.07, 6.45) is 1.33. The first kappa shape index (κ1) is 15.2. The molecule has 0 aliphatic heterocycles. The van der Waals surface area contributed by atoms with Crippen LogP contribution < -0.4 is 5.73 Å². The van der Waals surface area contributed by atoms with E-state index in [1.54, 1.807) is 0 Å². The molecule has 0 atom stereocenters. The predicted octanol–water partition coefficient (Wildman–Crippen LogP) is 3.49. The maximum absolute atomic E-state index is 6.18. The Kier molecular flexibility index (Phi) is 4.97. The number of rotatable bonds is 4. The Hall–Kier alpha value is -1.16. The molecule has 20 heavy (non-hydrogen) atoms. The highest BCUT2D eigenvalue weighted by Crippen LogP contribution is 2.26. The molecule has 0 bridgehead atoms. The van der Waals surface area contributed by atoms with Crippen molar-refractivity contribution < 1.29 is 0 Å². The van der Waals surface area contributed by atoms with Gasteiger partial charge in [0.05, 0.1) is 0 Å². The third-order valence-electron chi connectivity index (χ3n) is 3.26.